The third kappa shape index (κ3) is 2.37. The minimum atomic E-state index is 0.232. The fraction of sp³-hybridized carbons (Fsp3) is 0. The zero-order valence-corrected chi connectivity index (χ0v) is 13.7. The maximum atomic E-state index is 6.37. The average Bonchev–Trinajstić information content (AvgIpc) is 3.04. The maximum Gasteiger partial charge on any atom is 0.343 e. The Labute approximate surface area is 147 Å². The largest absolute Gasteiger partial charge is 0.423 e. The van der Waals surface area contributed by atoms with Crippen molar-refractivity contribution in [2.75, 3.05) is 0 Å². The lowest BCUT2D eigenvalue weighted by Crippen LogP contribution is -1.95. The predicted octanol–water partition coefficient (Wildman–Crippen LogP) is 4.88. The summed E-state index contributed by atoms with van der Waals surface area (Å²) in [5, 5.41) is 7.86. The fourth-order valence-electron chi connectivity index (χ4n) is 2.87. The Hall–Kier alpha value is -3.18. The van der Waals surface area contributed by atoms with Crippen molar-refractivity contribution < 1.29 is 4.74 Å². The molecule has 0 bridgehead atoms. The van der Waals surface area contributed by atoms with Gasteiger partial charge < -0.3 is 4.74 Å². The number of rotatable bonds is 2. The van der Waals surface area contributed by atoms with E-state index in [1.807, 2.05) is 66.7 Å². The van der Waals surface area contributed by atoms with E-state index < -0.39 is 0 Å². The molecule has 5 aromatic rings. The first-order valence-electron chi connectivity index (χ1n) is 7.76. The van der Waals surface area contributed by atoms with Crippen LogP contribution >= 0.6 is 11.6 Å². The van der Waals surface area contributed by atoms with Crippen LogP contribution in [0.4, 0.5) is 0 Å². The highest BCUT2D eigenvalue weighted by atomic mass is 35.5. The minimum Gasteiger partial charge on any atom is -0.423 e. The van der Waals surface area contributed by atoms with Gasteiger partial charge in [-0.3, -0.25) is 0 Å². The second-order valence-corrected chi connectivity index (χ2v) is 6.00. The third-order valence-corrected chi connectivity index (χ3v) is 4.32. The Morgan fingerprint density at radius 3 is 2.36 bits per heavy atom. The first kappa shape index (κ1) is 14.2. The lowest BCUT2D eigenvalue weighted by atomic mass is 10.1. The summed E-state index contributed by atoms with van der Waals surface area (Å²) in [4.78, 5) is 8.68. The summed E-state index contributed by atoms with van der Waals surface area (Å²) in [5.41, 5.74) is 0.837. The number of nitrogens with zero attached hydrogens (tertiary/aromatic N) is 4. The minimum absolute atomic E-state index is 0.232. The van der Waals surface area contributed by atoms with Gasteiger partial charge in [-0.2, -0.15) is 14.5 Å². The van der Waals surface area contributed by atoms with E-state index in [1.54, 1.807) is 4.52 Å². The molecule has 3 aromatic carbocycles. The summed E-state index contributed by atoms with van der Waals surface area (Å²) in [6.45, 7) is 0. The van der Waals surface area contributed by atoms with Crippen molar-refractivity contribution in [2.24, 2.45) is 0 Å². The molecule has 0 N–H and O–H groups in total. The van der Waals surface area contributed by atoms with E-state index in [9.17, 15) is 0 Å². The highest BCUT2D eigenvalue weighted by molar-refractivity contribution is 6.34. The van der Waals surface area contributed by atoms with Crippen molar-refractivity contribution in [3.63, 3.8) is 0 Å². The van der Waals surface area contributed by atoms with Gasteiger partial charge in [0.25, 0.3) is 5.78 Å². The molecule has 0 saturated heterocycles. The molecule has 25 heavy (non-hydrogen) atoms. The number of ether oxygens (including phenoxy) is 1. The lowest BCUT2D eigenvalue weighted by molar-refractivity contribution is 0.443. The maximum absolute atomic E-state index is 6.37. The second kappa shape index (κ2) is 5.43. The summed E-state index contributed by atoms with van der Waals surface area (Å²) in [5.74, 6) is 1.07. The van der Waals surface area contributed by atoms with Crippen molar-refractivity contribution in [2.45, 2.75) is 0 Å². The van der Waals surface area contributed by atoms with Gasteiger partial charge in [0.2, 0.25) is 0 Å². The summed E-state index contributed by atoms with van der Waals surface area (Å²) in [6.07, 6.45) is 0. The number of hydrogen-bond acceptors (Lipinski definition) is 4. The molecule has 6 heteroatoms. The first-order valence-corrected chi connectivity index (χ1v) is 8.13. The number of aromatic nitrogens is 4. The quantitative estimate of drug-likeness (QED) is 0.338. The molecular formula is C19H11ClN4O. The Balaban J connectivity index is 1.74. The molecule has 0 amide bonds. The molecule has 0 unspecified atom stereocenters. The van der Waals surface area contributed by atoms with Crippen molar-refractivity contribution in [1.82, 2.24) is 19.6 Å². The Morgan fingerprint density at radius 2 is 1.56 bits per heavy atom. The molecule has 0 spiro atoms. The summed E-state index contributed by atoms with van der Waals surface area (Å²) in [6, 6.07) is 21.8. The van der Waals surface area contributed by atoms with Crippen LogP contribution in [-0.2, 0) is 0 Å². The standard InChI is InChI=1S/C19H11ClN4O/c20-17-15-10-12-6-4-5-7-13(12)11-16(15)24-18(21-17)22-19(23-24)25-14-8-2-1-3-9-14/h1-11H. The van der Waals surface area contributed by atoms with Crippen molar-refractivity contribution >= 4 is 39.1 Å². The molecular weight excluding hydrogens is 336 g/mol. The van der Waals surface area contributed by atoms with Crippen molar-refractivity contribution in [3.8, 4) is 11.8 Å². The Kier molecular flexibility index (Phi) is 3.08. The predicted molar refractivity (Wildman–Crippen MR) is 97.3 cm³/mol. The first-order chi connectivity index (χ1) is 12.3. The molecule has 2 aromatic heterocycles. The second-order valence-electron chi connectivity index (χ2n) is 5.64. The number of benzene rings is 3. The van der Waals surface area contributed by atoms with Gasteiger partial charge in [0, 0.05) is 5.39 Å². The lowest BCUT2D eigenvalue weighted by Gasteiger charge is -2.04. The zero-order valence-electron chi connectivity index (χ0n) is 12.9. The number of hydrogen-bond donors (Lipinski definition) is 0. The summed E-state index contributed by atoms with van der Waals surface area (Å²) >= 11 is 6.37. The number of para-hydroxylation sites is 1. The highest BCUT2D eigenvalue weighted by Crippen LogP contribution is 2.28. The van der Waals surface area contributed by atoms with E-state index in [1.165, 1.54) is 0 Å². The SMILES string of the molecule is Clc1nc2nc(Oc3ccccc3)nn2c2cc3ccccc3cc12. The molecule has 0 aliphatic rings. The van der Waals surface area contributed by atoms with Crippen molar-refractivity contribution in [1.29, 1.82) is 0 Å². The molecule has 5 nitrogen and oxygen atoms in total. The topological polar surface area (TPSA) is 52.3 Å². The van der Waals surface area contributed by atoms with Crippen LogP contribution in [0.3, 0.4) is 0 Å². The third-order valence-electron chi connectivity index (χ3n) is 4.04. The summed E-state index contributed by atoms with van der Waals surface area (Å²) < 4.78 is 7.37. The van der Waals surface area contributed by atoms with Crippen LogP contribution in [-0.4, -0.2) is 19.6 Å². The highest BCUT2D eigenvalue weighted by Gasteiger charge is 2.13. The van der Waals surface area contributed by atoms with Gasteiger partial charge in [-0.15, -0.1) is 5.10 Å². The Bertz CT molecular complexity index is 1230. The molecule has 0 fully saturated rings. The van der Waals surface area contributed by atoms with E-state index in [2.05, 4.69) is 15.1 Å². The number of fused-ring (bicyclic) bond motifs is 4. The van der Waals surface area contributed by atoms with E-state index in [4.69, 9.17) is 16.3 Å². The van der Waals surface area contributed by atoms with Gasteiger partial charge >= 0.3 is 6.01 Å². The van der Waals surface area contributed by atoms with Gasteiger partial charge in [0.05, 0.1) is 5.52 Å². The molecule has 0 saturated carbocycles. The monoisotopic (exact) mass is 346 g/mol. The smallest absolute Gasteiger partial charge is 0.343 e. The van der Waals surface area contributed by atoms with Crippen LogP contribution in [0.15, 0.2) is 66.7 Å². The van der Waals surface area contributed by atoms with Gasteiger partial charge in [-0.25, -0.2) is 0 Å². The molecule has 0 radical (unpaired) electrons. The molecule has 2 heterocycles. The van der Waals surface area contributed by atoms with Gasteiger partial charge in [0.1, 0.15) is 10.9 Å². The van der Waals surface area contributed by atoms with Crippen LogP contribution in [0.25, 0.3) is 27.5 Å². The van der Waals surface area contributed by atoms with Crippen LogP contribution in [0.5, 0.6) is 11.8 Å². The van der Waals surface area contributed by atoms with Crippen molar-refractivity contribution in [3.05, 3.63) is 71.9 Å². The van der Waals surface area contributed by atoms with E-state index in [0.717, 1.165) is 21.7 Å². The van der Waals surface area contributed by atoms with Crippen LogP contribution in [0.2, 0.25) is 5.15 Å². The van der Waals surface area contributed by atoms with E-state index in [-0.39, 0.29) is 6.01 Å². The van der Waals surface area contributed by atoms with Gasteiger partial charge in [0.15, 0.2) is 0 Å². The molecule has 0 atom stereocenters. The Morgan fingerprint density at radius 1 is 0.840 bits per heavy atom. The molecule has 120 valence electrons. The van der Waals surface area contributed by atoms with Gasteiger partial charge in [-0.1, -0.05) is 54.1 Å². The number of halogens is 1. The van der Waals surface area contributed by atoms with Crippen LogP contribution < -0.4 is 4.74 Å². The van der Waals surface area contributed by atoms with Crippen LogP contribution in [0, 0.1) is 0 Å². The normalized spacial score (nSPS) is 11.4. The van der Waals surface area contributed by atoms with Gasteiger partial charge in [-0.05, 0) is 35.0 Å². The average molecular weight is 347 g/mol. The van der Waals surface area contributed by atoms with Crippen LogP contribution in [0.1, 0.15) is 0 Å². The molecule has 0 aliphatic heterocycles. The van der Waals surface area contributed by atoms with E-state index >= 15 is 0 Å². The fourth-order valence-corrected chi connectivity index (χ4v) is 3.10. The molecule has 5 rings (SSSR count). The van der Waals surface area contributed by atoms with E-state index in [0.29, 0.717) is 16.7 Å². The zero-order chi connectivity index (χ0) is 16.8. The molecule has 0 aliphatic carbocycles. The summed E-state index contributed by atoms with van der Waals surface area (Å²) in [7, 11) is 0.